The van der Waals surface area contributed by atoms with Crippen molar-refractivity contribution in [3.05, 3.63) is 48.2 Å². The van der Waals surface area contributed by atoms with Gasteiger partial charge in [0.15, 0.2) is 0 Å². The second-order valence-electron chi connectivity index (χ2n) is 2.59. The summed E-state index contributed by atoms with van der Waals surface area (Å²) >= 11 is 0. The van der Waals surface area contributed by atoms with E-state index >= 15 is 0 Å². The molecule has 0 saturated carbocycles. The number of methoxy groups -OCH3 is 1. The molecule has 68 valence electrons. The fraction of sp³-hybridized carbons (Fsp3) is 0.182. The molecule has 13 heavy (non-hydrogen) atoms. The topological polar surface area (TPSA) is 29.5 Å². The predicted octanol–water partition coefficient (Wildman–Crippen LogP) is 2.07. The lowest BCUT2D eigenvalue weighted by atomic mass is 10.1. The number of benzene rings is 1. The van der Waals surface area contributed by atoms with Gasteiger partial charge in [-0.1, -0.05) is 18.7 Å². The maximum Gasteiger partial charge on any atom is 0.118 e. The summed E-state index contributed by atoms with van der Waals surface area (Å²) in [6.45, 7) is 3.39. The quantitative estimate of drug-likeness (QED) is 0.714. The molecule has 1 aromatic carbocycles. The van der Waals surface area contributed by atoms with Crippen molar-refractivity contribution in [2.45, 2.75) is 6.10 Å². The fourth-order valence-electron chi connectivity index (χ4n) is 1.01. The van der Waals surface area contributed by atoms with E-state index in [2.05, 4.69) is 12.3 Å². The summed E-state index contributed by atoms with van der Waals surface area (Å²) in [4.78, 5) is 0. The first-order valence-corrected chi connectivity index (χ1v) is 3.96. The molecular weight excluding hydrogens is 164 g/mol. The summed E-state index contributed by atoms with van der Waals surface area (Å²) in [6, 6.07) is 7.21. The SMILES string of the molecule is C=C=C[C@H](O)c1ccc(OC)cc1. The predicted molar refractivity (Wildman–Crippen MR) is 51.7 cm³/mol. The van der Waals surface area contributed by atoms with Gasteiger partial charge in [-0.3, -0.25) is 0 Å². The van der Waals surface area contributed by atoms with Gasteiger partial charge in [0.1, 0.15) is 11.9 Å². The van der Waals surface area contributed by atoms with Gasteiger partial charge < -0.3 is 9.84 Å². The lowest BCUT2D eigenvalue weighted by molar-refractivity contribution is 0.229. The molecular formula is C11H12O2. The Balaban J connectivity index is 2.85. The Morgan fingerprint density at radius 2 is 2.08 bits per heavy atom. The van der Waals surface area contributed by atoms with E-state index in [9.17, 15) is 5.11 Å². The second-order valence-corrected chi connectivity index (χ2v) is 2.59. The molecule has 2 nitrogen and oxygen atoms in total. The number of aliphatic hydroxyl groups excluding tert-OH is 1. The van der Waals surface area contributed by atoms with Crippen LogP contribution in [-0.2, 0) is 0 Å². The Morgan fingerprint density at radius 1 is 1.46 bits per heavy atom. The van der Waals surface area contributed by atoms with Gasteiger partial charge in [0.05, 0.1) is 7.11 Å². The van der Waals surface area contributed by atoms with Gasteiger partial charge in [0.25, 0.3) is 0 Å². The van der Waals surface area contributed by atoms with Crippen LogP contribution in [0.5, 0.6) is 5.75 Å². The van der Waals surface area contributed by atoms with E-state index in [4.69, 9.17) is 4.74 Å². The van der Waals surface area contributed by atoms with Crippen LogP contribution in [0.3, 0.4) is 0 Å². The number of hydrogen-bond acceptors (Lipinski definition) is 2. The summed E-state index contributed by atoms with van der Waals surface area (Å²) < 4.78 is 4.99. The third kappa shape index (κ3) is 2.48. The van der Waals surface area contributed by atoms with Gasteiger partial charge in [0.2, 0.25) is 0 Å². The van der Waals surface area contributed by atoms with E-state index in [1.54, 1.807) is 31.4 Å². The van der Waals surface area contributed by atoms with Gasteiger partial charge in [-0.25, -0.2) is 0 Å². The standard InChI is InChI=1S/C11H12O2/c1-3-4-11(12)9-5-7-10(13-2)8-6-9/h4-8,11-12H,1H2,2H3/t11-/m0/s1. The van der Waals surface area contributed by atoms with Gasteiger partial charge >= 0.3 is 0 Å². The minimum absolute atomic E-state index is 0.636. The van der Waals surface area contributed by atoms with E-state index < -0.39 is 6.10 Å². The molecule has 1 aromatic rings. The molecule has 2 heteroatoms. The van der Waals surface area contributed by atoms with E-state index in [1.165, 1.54) is 6.08 Å². The Hall–Kier alpha value is -1.50. The van der Waals surface area contributed by atoms with Crippen molar-refractivity contribution in [2.24, 2.45) is 0 Å². The van der Waals surface area contributed by atoms with Crippen LogP contribution in [0.25, 0.3) is 0 Å². The number of ether oxygens (including phenoxy) is 1. The normalized spacial score (nSPS) is 11.5. The first kappa shape index (κ1) is 9.59. The maximum absolute atomic E-state index is 9.49. The largest absolute Gasteiger partial charge is 0.497 e. The molecule has 0 fully saturated rings. The molecule has 0 spiro atoms. The van der Waals surface area contributed by atoms with E-state index in [0.717, 1.165) is 11.3 Å². The molecule has 0 aromatic heterocycles. The molecule has 0 amide bonds. The van der Waals surface area contributed by atoms with Gasteiger partial charge in [0, 0.05) is 0 Å². The average molecular weight is 176 g/mol. The van der Waals surface area contributed by atoms with Crippen molar-refractivity contribution in [2.75, 3.05) is 7.11 Å². The highest BCUT2D eigenvalue weighted by Gasteiger charge is 2.01. The van der Waals surface area contributed by atoms with Gasteiger partial charge in [-0.2, -0.15) is 0 Å². The lowest BCUT2D eigenvalue weighted by Gasteiger charge is -2.05. The molecule has 0 aliphatic heterocycles. The number of hydrogen-bond donors (Lipinski definition) is 1. The van der Waals surface area contributed by atoms with Crippen LogP contribution >= 0.6 is 0 Å². The smallest absolute Gasteiger partial charge is 0.118 e. The highest BCUT2D eigenvalue weighted by molar-refractivity contribution is 5.29. The molecule has 0 aliphatic rings. The molecule has 1 rings (SSSR count). The summed E-state index contributed by atoms with van der Waals surface area (Å²) in [5, 5.41) is 9.49. The summed E-state index contributed by atoms with van der Waals surface area (Å²) in [5.41, 5.74) is 3.34. The lowest BCUT2D eigenvalue weighted by Crippen LogP contribution is -1.92. The highest BCUT2D eigenvalue weighted by atomic mass is 16.5. The summed E-state index contributed by atoms with van der Waals surface area (Å²) in [7, 11) is 1.61. The van der Waals surface area contributed by atoms with Crippen LogP contribution < -0.4 is 4.74 Å². The zero-order valence-electron chi connectivity index (χ0n) is 7.53. The summed E-state index contributed by atoms with van der Waals surface area (Å²) in [5.74, 6) is 0.776. The van der Waals surface area contributed by atoms with Crippen LogP contribution in [0.2, 0.25) is 0 Å². The summed E-state index contributed by atoms with van der Waals surface area (Å²) in [6.07, 6.45) is 0.866. The van der Waals surface area contributed by atoms with Gasteiger partial charge in [-0.15, -0.1) is 5.73 Å². The molecule has 0 unspecified atom stereocenters. The Labute approximate surface area is 77.8 Å². The van der Waals surface area contributed by atoms with Crippen molar-refractivity contribution >= 4 is 0 Å². The molecule has 0 radical (unpaired) electrons. The molecule has 1 N–H and O–H groups in total. The Bertz CT molecular complexity index is 307. The van der Waals surface area contributed by atoms with Crippen molar-refractivity contribution in [1.29, 1.82) is 0 Å². The first-order valence-electron chi connectivity index (χ1n) is 3.96. The molecule has 0 bridgehead atoms. The van der Waals surface area contributed by atoms with E-state index in [1.807, 2.05) is 0 Å². The third-order valence-corrected chi connectivity index (χ3v) is 1.73. The first-order chi connectivity index (χ1) is 6.27. The molecule has 1 atom stereocenters. The van der Waals surface area contributed by atoms with Crippen LogP contribution in [-0.4, -0.2) is 12.2 Å². The average Bonchev–Trinajstić information content (AvgIpc) is 2.18. The van der Waals surface area contributed by atoms with E-state index in [0.29, 0.717) is 0 Å². The number of aliphatic hydroxyl groups is 1. The maximum atomic E-state index is 9.49. The minimum Gasteiger partial charge on any atom is -0.497 e. The second kappa shape index (κ2) is 4.51. The van der Waals surface area contributed by atoms with Crippen LogP contribution in [0.4, 0.5) is 0 Å². The molecule has 0 saturated heterocycles. The Morgan fingerprint density at radius 3 is 2.54 bits per heavy atom. The molecule has 0 aliphatic carbocycles. The zero-order chi connectivity index (χ0) is 9.68. The highest BCUT2D eigenvalue weighted by Crippen LogP contribution is 2.17. The monoisotopic (exact) mass is 176 g/mol. The minimum atomic E-state index is -0.636. The molecule has 0 heterocycles. The van der Waals surface area contributed by atoms with Crippen LogP contribution in [0, 0.1) is 0 Å². The van der Waals surface area contributed by atoms with E-state index in [-0.39, 0.29) is 0 Å². The Kier molecular flexibility index (Phi) is 3.32. The zero-order valence-corrected chi connectivity index (χ0v) is 7.53. The number of rotatable bonds is 3. The fourth-order valence-corrected chi connectivity index (χ4v) is 1.01. The van der Waals surface area contributed by atoms with Crippen molar-refractivity contribution in [3.8, 4) is 5.75 Å². The van der Waals surface area contributed by atoms with Crippen LogP contribution in [0.15, 0.2) is 42.7 Å². The van der Waals surface area contributed by atoms with Crippen LogP contribution in [0.1, 0.15) is 11.7 Å². The van der Waals surface area contributed by atoms with Gasteiger partial charge in [-0.05, 0) is 23.8 Å². The van der Waals surface area contributed by atoms with Crippen molar-refractivity contribution < 1.29 is 9.84 Å². The van der Waals surface area contributed by atoms with Crippen molar-refractivity contribution in [3.63, 3.8) is 0 Å². The third-order valence-electron chi connectivity index (χ3n) is 1.73. The van der Waals surface area contributed by atoms with Crippen molar-refractivity contribution in [1.82, 2.24) is 0 Å².